The first-order valence-electron chi connectivity index (χ1n) is 8.26. The van der Waals surface area contributed by atoms with E-state index in [1.807, 2.05) is 6.07 Å². The zero-order valence-corrected chi connectivity index (χ0v) is 14.8. The van der Waals surface area contributed by atoms with E-state index >= 15 is 0 Å². The van der Waals surface area contributed by atoms with Crippen LogP contribution in [0.5, 0.6) is 0 Å². The Balaban J connectivity index is 1.51. The van der Waals surface area contributed by atoms with Crippen LogP contribution in [0.2, 0.25) is 0 Å². The molecule has 2 aromatic heterocycles. The lowest BCUT2D eigenvalue weighted by atomic mass is 10.2. The second-order valence-corrected chi connectivity index (χ2v) is 7.13. The first-order valence-corrected chi connectivity index (χ1v) is 9.08. The number of rotatable bonds is 3. The number of thiazole rings is 1. The molecule has 0 spiro atoms. The third kappa shape index (κ3) is 3.70. The van der Waals surface area contributed by atoms with E-state index in [4.69, 9.17) is 0 Å². The van der Waals surface area contributed by atoms with E-state index in [1.54, 1.807) is 23.5 Å². The summed E-state index contributed by atoms with van der Waals surface area (Å²) in [6.07, 6.45) is -0.595. The van der Waals surface area contributed by atoms with Crippen molar-refractivity contribution >= 4 is 38.3 Å². The van der Waals surface area contributed by atoms with Crippen molar-refractivity contribution in [3.8, 4) is 0 Å². The highest BCUT2D eigenvalue weighted by Gasteiger charge is 2.34. The Morgan fingerprint density at radius 3 is 2.52 bits per heavy atom. The molecular weight excluding hydrogens is 379 g/mol. The summed E-state index contributed by atoms with van der Waals surface area (Å²) in [7, 11) is 0. The van der Waals surface area contributed by atoms with Crippen LogP contribution in [-0.4, -0.2) is 33.9 Å². The molecule has 3 aromatic rings. The molecule has 27 heavy (non-hydrogen) atoms. The molecule has 1 aliphatic heterocycles. The van der Waals surface area contributed by atoms with Crippen LogP contribution in [0.4, 0.5) is 24.0 Å². The average Bonchev–Trinajstić information content (AvgIpc) is 3.30. The highest BCUT2D eigenvalue weighted by Crippen LogP contribution is 2.32. The molecule has 3 heterocycles. The van der Waals surface area contributed by atoms with Crippen molar-refractivity contribution in [3.05, 3.63) is 42.0 Å². The lowest BCUT2D eigenvalue weighted by Gasteiger charge is -2.11. The molecule has 1 aromatic carbocycles. The number of alkyl halides is 3. The number of carbonyl (C=O) groups is 1. The highest BCUT2D eigenvalue weighted by molar-refractivity contribution is 7.22. The summed E-state index contributed by atoms with van der Waals surface area (Å²) in [6, 6.07) is 5.32. The van der Waals surface area contributed by atoms with Gasteiger partial charge in [0.1, 0.15) is 0 Å². The zero-order chi connectivity index (χ0) is 19.0. The maximum Gasteiger partial charge on any atom is 0.451 e. The van der Waals surface area contributed by atoms with Gasteiger partial charge in [0.15, 0.2) is 5.13 Å². The molecule has 1 N–H and O–H groups in total. The van der Waals surface area contributed by atoms with Crippen LogP contribution in [0, 0.1) is 0 Å². The SMILES string of the molecule is O=C(Nc1ccc2nc(N3CCCC3)sc2c1)c1cnc(C(F)(F)F)nc1. The minimum absolute atomic E-state index is 0.0508. The van der Waals surface area contributed by atoms with Crippen LogP contribution in [0.3, 0.4) is 0 Å². The van der Waals surface area contributed by atoms with Crippen LogP contribution in [0.1, 0.15) is 29.0 Å². The Hall–Kier alpha value is -2.75. The van der Waals surface area contributed by atoms with Crippen molar-refractivity contribution in [2.75, 3.05) is 23.3 Å². The van der Waals surface area contributed by atoms with E-state index in [-0.39, 0.29) is 5.56 Å². The van der Waals surface area contributed by atoms with E-state index in [0.29, 0.717) is 5.69 Å². The van der Waals surface area contributed by atoms with Crippen molar-refractivity contribution in [2.45, 2.75) is 19.0 Å². The maximum absolute atomic E-state index is 12.5. The lowest BCUT2D eigenvalue weighted by molar-refractivity contribution is -0.145. The van der Waals surface area contributed by atoms with Gasteiger partial charge < -0.3 is 10.2 Å². The van der Waals surface area contributed by atoms with Crippen molar-refractivity contribution in [1.82, 2.24) is 15.0 Å². The zero-order valence-electron chi connectivity index (χ0n) is 14.0. The molecule has 0 unspecified atom stereocenters. The van der Waals surface area contributed by atoms with Crippen molar-refractivity contribution < 1.29 is 18.0 Å². The molecule has 6 nitrogen and oxygen atoms in total. The molecule has 140 valence electrons. The van der Waals surface area contributed by atoms with Gasteiger partial charge in [-0.1, -0.05) is 11.3 Å². The quantitative estimate of drug-likeness (QED) is 0.729. The number of fused-ring (bicyclic) bond motifs is 1. The molecule has 1 aliphatic rings. The Bertz CT molecular complexity index is 980. The number of anilines is 2. The summed E-state index contributed by atoms with van der Waals surface area (Å²) in [5, 5.41) is 3.61. The maximum atomic E-state index is 12.5. The molecule has 0 radical (unpaired) electrons. The summed E-state index contributed by atoms with van der Waals surface area (Å²) in [5.41, 5.74) is 1.33. The average molecular weight is 393 g/mol. The predicted octanol–water partition coefficient (Wildman–Crippen LogP) is 3.96. The molecule has 1 amide bonds. The first-order chi connectivity index (χ1) is 12.9. The van der Waals surface area contributed by atoms with Crippen LogP contribution < -0.4 is 10.2 Å². The standard InChI is InChI=1S/C17H14F3N5OS/c18-17(19,20)15-21-8-10(9-22-15)14(26)23-11-3-4-12-13(7-11)27-16(24-12)25-5-1-2-6-25/h3-4,7-9H,1-2,5-6H2,(H,23,26). The summed E-state index contributed by atoms with van der Waals surface area (Å²) in [4.78, 5) is 25.5. The van der Waals surface area contributed by atoms with Gasteiger partial charge in [-0.2, -0.15) is 13.2 Å². The number of hydrogen-bond acceptors (Lipinski definition) is 6. The fraction of sp³-hybridized carbons (Fsp3) is 0.294. The van der Waals surface area contributed by atoms with Crippen molar-refractivity contribution in [2.24, 2.45) is 0 Å². The number of hydrogen-bond donors (Lipinski definition) is 1. The third-order valence-electron chi connectivity index (χ3n) is 4.18. The number of nitrogens with zero attached hydrogens (tertiary/aromatic N) is 4. The van der Waals surface area contributed by atoms with E-state index < -0.39 is 17.9 Å². The Kier molecular flexibility index (Phi) is 4.42. The van der Waals surface area contributed by atoms with Gasteiger partial charge in [-0.05, 0) is 31.0 Å². The van der Waals surface area contributed by atoms with E-state index in [2.05, 4.69) is 25.2 Å². The Labute approximate surface area is 156 Å². The minimum Gasteiger partial charge on any atom is -0.348 e. The Morgan fingerprint density at radius 2 is 1.85 bits per heavy atom. The minimum atomic E-state index is -4.64. The van der Waals surface area contributed by atoms with Gasteiger partial charge in [0.05, 0.1) is 15.8 Å². The summed E-state index contributed by atoms with van der Waals surface area (Å²) in [6.45, 7) is 1.99. The number of halogens is 3. The van der Waals surface area contributed by atoms with Gasteiger partial charge in [-0.3, -0.25) is 4.79 Å². The molecule has 0 bridgehead atoms. The molecule has 10 heteroatoms. The molecule has 0 saturated carbocycles. The van der Waals surface area contributed by atoms with Gasteiger partial charge in [-0.15, -0.1) is 0 Å². The second kappa shape index (κ2) is 6.76. The van der Waals surface area contributed by atoms with Gasteiger partial charge in [0.2, 0.25) is 5.82 Å². The number of benzene rings is 1. The smallest absolute Gasteiger partial charge is 0.348 e. The van der Waals surface area contributed by atoms with E-state index in [9.17, 15) is 18.0 Å². The van der Waals surface area contributed by atoms with Crippen molar-refractivity contribution in [1.29, 1.82) is 0 Å². The van der Waals surface area contributed by atoms with Gasteiger partial charge >= 0.3 is 6.18 Å². The monoisotopic (exact) mass is 393 g/mol. The summed E-state index contributed by atoms with van der Waals surface area (Å²) in [5.74, 6) is -1.85. The van der Waals surface area contributed by atoms with Crippen LogP contribution in [0.25, 0.3) is 10.2 Å². The highest BCUT2D eigenvalue weighted by atomic mass is 32.1. The van der Waals surface area contributed by atoms with Gasteiger partial charge in [0, 0.05) is 31.2 Å². The van der Waals surface area contributed by atoms with Gasteiger partial charge in [-0.25, -0.2) is 15.0 Å². The van der Waals surface area contributed by atoms with Crippen LogP contribution >= 0.6 is 11.3 Å². The fourth-order valence-corrected chi connectivity index (χ4v) is 3.89. The molecule has 4 rings (SSSR count). The molecule has 1 saturated heterocycles. The summed E-state index contributed by atoms with van der Waals surface area (Å²) < 4.78 is 38.4. The molecule has 0 atom stereocenters. The van der Waals surface area contributed by atoms with Crippen LogP contribution in [0.15, 0.2) is 30.6 Å². The van der Waals surface area contributed by atoms with Crippen LogP contribution in [-0.2, 0) is 6.18 Å². The number of carbonyl (C=O) groups excluding carboxylic acids is 1. The van der Waals surface area contributed by atoms with Crippen molar-refractivity contribution in [3.63, 3.8) is 0 Å². The number of amides is 1. The second-order valence-electron chi connectivity index (χ2n) is 6.12. The largest absolute Gasteiger partial charge is 0.451 e. The van der Waals surface area contributed by atoms with E-state index in [0.717, 1.165) is 53.7 Å². The first kappa shape index (κ1) is 17.7. The summed E-state index contributed by atoms with van der Waals surface area (Å²) >= 11 is 1.55. The lowest BCUT2D eigenvalue weighted by Crippen LogP contribution is -2.16. The topological polar surface area (TPSA) is 71.0 Å². The third-order valence-corrected chi connectivity index (χ3v) is 5.26. The van der Waals surface area contributed by atoms with Gasteiger partial charge in [0.25, 0.3) is 5.91 Å². The number of aromatic nitrogens is 3. The molecule has 1 fully saturated rings. The number of nitrogens with one attached hydrogen (secondary N) is 1. The molecule has 0 aliphatic carbocycles. The normalized spacial score (nSPS) is 14.7. The molecular formula is C17H14F3N5OS. The Morgan fingerprint density at radius 1 is 1.15 bits per heavy atom. The predicted molar refractivity (Wildman–Crippen MR) is 96.1 cm³/mol. The van der Waals surface area contributed by atoms with E-state index in [1.165, 1.54) is 0 Å². The fourth-order valence-electron chi connectivity index (χ4n) is 2.83.